The van der Waals surface area contributed by atoms with Gasteiger partial charge in [0.2, 0.25) is 5.91 Å². The van der Waals surface area contributed by atoms with E-state index in [1.54, 1.807) is 30.1 Å². The number of nitrogens with zero attached hydrogens (tertiary/aromatic N) is 1. The summed E-state index contributed by atoms with van der Waals surface area (Å²) in [6, 6.07) is 11.4. The number of hydrogen-bond acceptors (Lipinski definition) is 3. The summed E-state index contributed by atoms with van der Waals surface area (Å²) in [6.45, 7) is 0. The van der Waals surface area contributed by atoms with Gasteiger partial charge < -0.3 is 5.32 Å². The molecule has 0 fully saturated rings. The van der Waals surface area contributed by atoms with Crippen molar-refractivity contribution in [3.63, 3.8) is 0 Å². The summed E-state index contributed by atoms with van der Waals surface area (Å²) >= 11 is 7.52. The van der Waals surface area contributed by atoms with Crippen LogP contribution < -0.4 is 5.32 Å². The molecule has 1 atom stereocenters. The summed E-state index contributed by atoms with van der Waals surface area (Å²) < 4.78 is 0. The van der Waals surface area contributed by atoms with Crippen LogP contribution in [0.3, 0.4) is 0 Å². The van der Waals surface area contributed by atoms with Gasteiger partial charge in [-0.3, -0.25) is 4.79 Å². The molecule has 1 aliphatic heterocycles. The zero-order chi connectivity index (χ0) is 13.2. The van der Waals surface area contributed by atoms with E-state index >= 15 is 0 Å². The van der Waals surface area contributed by atoms with Gasteiger partial charge >= 0.3 is 0 Å². The number of pyridine rings is 1. The first-order valence-electron chi connectivity index (χ1n) is 5.88. The topological polar surface area (TPSA) is 42.0 Å². The number of rotatable bonds is 2. The maximum absolute atomic E-state index is 12.3. The normalized spacial score (nSPS) is 17.0. The third kappa shape index (κ3) is 2.60. The van der Waals surface area contributed by atoms with Crippen LogP contribution in [0.4, 0.5) is 5.69 Å². The van der Waals surface area contributed by atoms with Gasteiger partial charge in [0.05, 0.1) is 5.92 Å². The minimum absolute atomic E-state index is 0.000262. The molecule has 2 aromatic rings. The monoisotopic (exact) mass is 290 g/mol. The van der Waals surface area contributed by atoms with Crippen LogP contribution >= 0.6 is 23.4 Å². The van der Waals surface area contributed by atoms with E-state index in [9.17, 15) is 4.79 Å². The van der Waals surface area contributed by atoms with Gasteiger partial charge in [-0.1, -0.05) is 29.8 Å². The fraction of sp³-hybridized carbons (Fsp3) is 0.143. The molecule has 1 aromatic carbocycles. The van der Waals surface area contributed by atoms with Gasteiger partial charge in [0.15, 0.2) is 0 Å². The van der Waals surface area contributed by atoms with Gasteiger partial charge in [0, 0.05) is 22.5 Å². The molecular formula is C14H11ClN2OS. The number of anilines is 1. The van der Waals surface area contributed by atoms with Crippen molar-refractivity contribution in [2.24, 2.45) is 0 Å². The highest BCUT2D eigenvalue weighted by molar-refractivity contribution is 7.99. The second-order valence-electron chi connectivity index (χ2n) is 4.26. The van der Waals surface area contributed by atoms with Crippen LogP contribution in [-0.4, -0.2) is 16.6 Å². The molecule has 0 radical (unpaired) electrons. The van der Waals surface area contributed by atoms with Crippen molar-refractivity contribution < 1.29 is 4.79 Å². The fourth-order valence-electron chi connectivity index (χ4n) is 2.09. The zero-order valence-electron chi connectivity index (χ0n) is 9.97. The van der Waals surface area contributed by atoms with Gasteiger partial charge in [-0.05, 0) is 23.8 Å². The maximum Gasteiger partial charge on any atom is 0.232 e. The summed E-state index contributed by atoms with van der Waals surface area (Å²) in [5, 5.41) is 3.26. The number of carbonyl (C=O) groups excluding carboxylic acids is 1. The third-order valence-electron chi connectivity index (χ3n) is 3.01. The second kappa shape index (κ2) is 5.23. The Hall–Kier alpha value is -1.52. The first-order valence-corrected chi connectivity index (χ1v) is 7.24. The van der Waals surface area contributed by atoms with Crippen LogP contribution in [0.25, 0.3) is 0 Å². The van der Waals surface area contributed by atoms with Crippen molar-refractivity contribution in [3.05, 3.63) is 53.3 Å². The Morgan fingerprint density at radius 3 is 3.05 bits per heavy atom. The van der Waals surface area contributed by atoms with E-state index in [1.807, 2.05) is 18.2 Å². The van der Waals surface area contributed by atoms with Crippen molar-refractivity contribution in [2.45, 2.75) is 10.8 Å². The molecule has 1 amide bonds. The van der Waals surface area contributed by atoms with Gasteiger partial charge in [-0.25, -0.2) is 4.98 Å². The van der Waals surface area contributed by atoms with Crippen molar-refractivity contribution in [3.8, 4) is 0 Å². The van der Waals surface area contributed by atoms with Crippen LogP contribution in [0.5, 0.6) is 0 Å². The van der Waals surface area contributed by atoms with Crippen LogP contribution in [0, 0.1) is 0 Å². The Bertz CT molecular complexity index is 632. The molecule has 1 aromatic heterocycles. The number of halogens is 1. The summed E-state index contributed by atoms with van der Waals surface area (Å²) in [5.41, 5.74) is 1.78. The van der Waals surface area contributed by atoms with Gasteiger partial charge in [0.1, 0.15) is 5.15 Å². The second-order valence-corrected chi connectivity index (χ2v) is 5.71. The molecule has 96 valence electrons. The number of benzene rings is 1. The largest absolute Gasteiger partial charge is 0.325 e. The lowest BCUT2D eigenvalue weighted by Crippen LogP contribution is -2.21. The Labute approximate surface area is 120 Å². The van der Waals surface area contributed by atoms with Crippen molar-refractivity contribution in [1.29, 1.82) is 0 Å². The van der Waals surface area contributed by atoms with Crippen LogP contribution in [-0.2, 0) is 4.79 Å². The van der Waals surface area contributed by atoms with E-state index in [0.29, 0.717) is 10.8 Å². The Kier molecular flexibility index (Phi) is 3.44. The van der Waals surface area contributed by atoms with Gasteiger partial charge in [-0.15, -0.1) is 11.8 Å². The fourth-order valence-corrected chi connectivity index (χ4v) is 3.49. The van der Waals surface area contributed by atoms with Crippen molar-refractivity contribution in [1.82, 2.24) is 4.98 Å². The number of nitrogens with one attached hydrogen (secondary N) is 1. The highest BCUT2D eigenvalue weighted by Gasteiger charge is 2.28. The summed E-state index contributed by atoms with van der Waals surface area (Å²) in [7, 11) is 0. The standard InChI is InChI=1S/C14H11ClN2OS/c15-13-7-9(5-6-16-13)17-14(18)11-8-19-12-4-2-1-3-10(11)12/h1-7,11H,8H2,(H,16,17,18). The first kappa shape index (κ1) is 12.5. The van der Waals surface area contributed by atoms with E-state index in [1.165, 1.54) is 4.90 Å². The van der Waals surface area contributed by atoms with Crippen molar-refractivity contribution >= 4 is 35.0 Å². The number of amides is 1. The summed E-state index contributed by atoms with van der Waals surface area (Å²) in [6.07, 6.45) is 1.58. The Balaban J connectivity index is 1.79. The molecule has 1 aliphatic rings. The minimum atomic E-state index is -0.104. The maximum atomic E-state index is 12.3. The SMILES string of the molecule is O=C(Nc1ccnc(Cl)c1)C1CSc2ccccc21. The van der Waals surface area contributed by atoms with E-state index < -0.39 is 0 Å². The lowest BCUT2D eigenvalue weighted by Gasteiger charge is -2.11. The van der Waals surface area contributed by atoms with Crippen LogP contribution in [0.1, 0.15) is 11.5 Å². The predicted octanol–water partition coefficient (Wildman–Crippen LogP) is 3.56. The molecule has 0 aliphatic carbocycles. The summed E-state index contributed by atoms with van der Waals surface area (Å²) in [4.78, 5) is 17.4. The van der Waals surface area contributed by atoms with Crippen molar-refractivity contribution in [2.75, 3.05) is 11.1 Å². The predicted molar refractivity (Wildman–Crippen MR) is 77.8 cm³/mol. The van der Waals surface area contributed by atoms with E-state index in [4.69, 9.17) is 11.6 Å². The van der Waals surface area contributed by atoms with E-state index in [-0.39, 0.29) is 11.8 Å². The molecule has 1 N–H and O–H groups in total. The molecule has 3 rings (SSSR count). The van der Waals surface area contributed by atoms with Gasteiger partial charge in [-0.2, -0.15) is 0 Å². The smallest absolute Gasteiger partial charge is 0.232 e. The van der Waals surface area contributed by atoms with Crippen LogP contribution in [0.15, 0.2) is 47.5 Å². The highest BCUT2D eigenvalue weighted by Crippen LogP contribution is 2.39. The first-order chi connectivity index (χ1) is 9.24. The molecule has 0 spiro atoms. The Morgan fingerprint density at radius 2 is 2.21 bits per heavy atom. The van der Waals surface area contributed by atoms with Gasteiger partial charge in [0.25, 0.3) is 0 Å². The molecule has 0 saturated carbocycles. The number of carbonyl (C=O) groups is 1. The molecular weight excluding hydrogens is 280 g/mol. The average Bonchev–Trinajstić information content (AvgIpc) is 2.82. The molecule has 0 bridgehead atoms. The quantitative estimate of drug-likeness (QED) is 0.860. The minimum Gasteiger partial charge on any atom is -0.325 e. The molecule has 1 unspecified atom stereocenters. The molecule has 3 nitrogen and oxygen atoms in total. The Morgan fingerprint density at radius 1 is 1.37 bits per heavy atom. The lowest BCUT2D eigenvalue weighted by atomic mass is 10.0. The highest BCUT2D eigenvalue weighted by atomic mass is 35.5. The molecule has 19 heavy (non-hydrogen) atoms. The number of hydrogen-bond donors (Lipinski definition) is 1. The molecule has 2 heterocycles. The number of thioether (sulfide) groups is 1. The van der Waals surface area contributed by atoms with E-state index in [2.05, 4.69) is 16.4 Å². The molecule has 0 saturated heterocycles. The third-order valence-corrected chi connectivity index (χ3v) is 4.40. The number of fused-ring (bicyclic) bond motifs is 1. The van der Waals surface area contributed by atoms with Crippen LogP contribution in [0.2, 0.25) is 5.15 Å². The zero-order valence-corrected chi connectivity index (χ0v) is 11.5. The lowest BCUT2D eigenvalue weighted by molar-refractivity contribution is -0.117. The van der Waals surface area contributed by atoms with E-state index in [0.717, 1.165) is 11.3 Å². The average molecular weight is 291 g/mol. The summed E-state index contributed by atoms with van der Waals surface area (Å²) in [5.74, 6) is 0.678. The number of aromatic nitrogens is 1. The molecule has 5 heteroatoms.